The maximum absolute atomic E-state index is 13.5. The first-order valence-electron chi connectivity index (χ1n) is 6.25. The van der Waals surface area contributed by atoms with Crippen LogP contribution in [0.2, 0.25) is 0 Å². The Labute approximate surface area is 131 Å². The van der Waals surface area contributed by atoms with E-state index in [2.05, 4.69) is 21.0 Å². The van der Waals surface area contributed by atoms with Crippen molar-refractivity contribution in [2.45, 2.75) is 31.0 Å². The monoisotopic (exact) mass is 375 g/mol. The molecule has 5 nitrogen and oxygen atoms in total. The molecular weight excluding hydrogens is 361 g/mol. The van der Waals surface area contributed by atoms with Gasteiger partial charge in [-0.05, 0) is 48.0 Å². The van der Waals surface area contributed by atoms with Crippen molar-refractivity contribution < 1.29 is 12.8 Å². The van der Waals surface area contributed by atoms with Gasteiger partial charge in [-0.15, -0.1) is 0 Å². The zero-order chi connectivity index (χ0) is 15.8. The second kappa shape index (κ2) is 5.76. The standard InChI is InChI=1S/C13H15BrFN3O2S/c1-3-18-12(13(14)8(2)17-18)7-21(19,20)9-4-5-11(16)10(15)6-9/h4-6H,3,7,16H2,1-2H3. The van der Waals surface area contributed by atoms with E-state index in [0.717, 1.165) is 6.07 Å². The Hall–Kier alpha value is -1.41. The fraction of sp³-hybridized carbons (Fsp3) is 0.308. The van der Waals surface area contributed by atoms with Gasteiger partial charge in [0.2, 0.25) is 0 Å². The number of halogens is 2. The maximum atomic E-state index is 13.5. The molecule has 2 rings (SSSR count). The predicted octanol–water partition coefficient (Wildman–Crippen LogP) is 2.67. The molecule has 0 fully saturated rings. The van der Waals surface area contributed by atoms with Crippen LogP contribution in [0.5, 0.6) is 0 Å². The number of hydrogen-bond donors (Lipinski definition) is 1. The normalized spacial score (nSPS) is 11.8. The second-order valence-corrected chi connectivity index (χ2v) is 7.39. The fourth-order valence-corrected chi connectivity index (χ4v) is 3.96. The van der Waals surface area contributed by atoms with E-state index in [0.29, 0.717) is 22.4 Å². The van der Waals surface area contributed by atoms with Gasteiger partial charge in [0, 0.05) is 6.54 Å². The van der Waals surface area contributed by atoms with Gasteiger partial charge in [-0.3, -0.25) is 4.68 Å². The third-order valence-corrected chi connectivity index (χ3v) is 5.77. The third kappa shape index (κ3) is 3.11. The Morgan fingerprint density at radius 1 is 1.43 bits per heavy atom. The fourth-order valence-electron chi connectivity index (χ4n) is 1.97. The average Bonchev–Trinajstić information content (AvgIpc) is 2.69. The van der Waals surface area contributed by atoms with Gasteiger partial charge in [-0.25, -0.2) is 12.8 Å². The van der Waals surface area contributed by atoms with E-state index in [1.165, 1.54) is 12.1 Å². The molecule has 1 heterocycles. The van der Waals surface area contributed by atoms with E-state index in [4.69, 9.17) is 5.73 Å². The lowest BCUT2D eigenvalue weighted by atomic mass is 10.3. The Kier molecular flexibility index (Phi) is 4.38. The molecule has 2 aromatic rings. The average molecular weight is 376 g/mol. The van der Waals surface area contributed by atoms with E-state index < -0.39 is 15.7 Å². The molecule has 0 radical (unpaired) electrons. The van der Waals surface area contributed by atoms with Crippen LogP contribution in [-0.2, 0) is 22.1 Å². The lowest BCUT2D eigenvalue weighted by molar-refractivity contribution is 0.582. The molecule has 1 aromatic heterocycles. The molecule has 0 unspecified atom stereocenters. The Morgan fingerprint density at radius 2 is 2.10 bits per heavy atom. The van der Waals surface area contributed by atoms with E-state index in [9.17, 15) is 12.8 Å². The minimum atomic E-state index is -3.68. The van der Waals surface area contributed by atoms with Crippen LogP contribution in [0.1, 0.15) is 18.3 Å². The van der Waals surface area contributed by atoms with Crippen LogP contribution >= 0.6 is 15.9 Å². The van der Waals surface area contributed by atoms with Crippen LogP contribution in [0.3, 0.4) is 0 Å². The van der Waals surface area contributed by atoms with Crippen molar-refractivity contribution in [3.05, 3.63) is 39.9 Å². The van der Waals surface area contributed by atoms with Gasteiger partial charge in [0.1, 0.15) is 5.82 Å². The van der Waals surface area contributed by atoms with Crippen molar-refractivity contribution in [3.8, 4) is 0 Å². The summed E-state index contributed by atoms with van der Waals surface area (Å²) < 4.78 is 40.6. The van der Waals surface area contributed by atoms with E-state index in [-0.39, 0.29) is 16.3 Å². The Balaban J connectivity index is 2.44. The number of hydrogen-bond acceptors (Lipinski definition) is 4. The van der Waals surface area contributed by atoms with Gasteiger partial charge in [0.05, 0.1) is 32.2 Å². The van der Waals surface area contributed by atoms with Crippen molar-refractivity contribution in [2.24, 2.45) is 0 Å². The highest BCUT2D eigenvalue weighted by atomic mass is 79.9. The van der Waals surface area contributed by atoms with Crippen LogP contribution in [0.15, 0.2) is 27.6 Å². The van der Waals surface area contributed by atoms with Gasteiger partial charge < -0.3 is 5.73 Å². The molecule has 0 saturated heterocycles. The smallest absolute Gasteiger partial charge is 0.184 e. The summed E-state index contributed by atoms with van der Waals surface area (Å²) in [5.74, 6) is -0.999. The largest absolute Gasteiger partial charge is 0.396 e. The first kappa shape index (κ1) is 16.0. The number of benzene rings is 1. The summed E-state index contributed by atoms with van der Waals surface area (Å²) >= 11 is 3.35. The molecule has 114 valence electrons. The molecular formula is C13H15BrFN3O2S. The number of sulfone groups is 1. The van der Waals surface area contributed by atoms with Crippen LogP contribution in [-0.4, -0.2) is 18.2 Å². The van der Waals surface area contributed by atoms with Crippen molar-refractivity contribution >= 4 is 31.5 Å². The number of nitrogen functional groups attached to an aromatic ring is 1. The van der Waals surface area contributed by atoms with Crippen LogP contribution in [0.25, 0.3) is 0 Å². The number of rotatable bonds is 4. The molecule has 2 N–H and O–H groups in total. The molecule has 0 bridgehead atoms. The highest BCUT2D eigenvalue weighted by Gasteiger charge is 2.22. The van der Waals surface area contributed by atoms with Gasteiger partial charge in [0.15, 0.2) is 9.84 Å². The topological polar surface area (TPSA) is 78.0 Å². The lowest BCUT2D eigenvalue weighted by Crippen LogP contribution is -2.11. The van der Waals surface area contributed by atoms with Gasteiger partial charge in [-0.1, -0.05) is 0 Å². The molecule has 0 aliphatic heterocycles. The van der Waals surface area contributed by atoms with Gasteiger partial charge >= 0.3 is 0 Å². The second-order valence-electron chi connectivity index (χ2n) is 4.60. The van der Waals surface area contributed by atoms with Crippen molar-refractivity contribution in [1.29, 1.82) is 0 Å². The summed E-state index contributed by atoms with van der Waals surface area (Å²) in [6, 6.07) is 3.50. The van der Waals surface area contributed by atoms with E-state index in [1.807, 2.05) is 6.92 Å². The molecule has 0 amide bonds. The number of anilines is 1. The van der Waals surface area contributed by atoms with Crippen molar-refractivity contribution in [3.63, 3.8) is 0 Å². The van der Waals surface area contributed by atoms with Crippen molar-refractivity contribution in [2.75, 3.05) is 5.73 Å². The molecule has 0 saturated carbocycles. The van der Waals surface area contributed by atoms with Gasteiger partial charge in [-0.2, -0.15) is 5.10 Å². The summed E-state index contributed by atoms with van der Waals surface area (Å²) in [6.07, 6.45) is 0. The summed E-state index contributed by atoms with van der Waals surface area (Å²) in [5.41, 5.74) is 6.55. The summed E-state index contributed by atoms with van der Waals surface area (Å²) in [6.45, 7) is 4.21. The lowest BCUT2D eigenvalue weighted by Gasteiger charge is -2.08. The molecule has 21 heavy (non-hydrogen) atoms. The van der Waals surface area contributed by atoms with E-state index in [1.54, 1.807) is 11.6 Å². The molecule has 0 atom stereocenters. The first-order chi connectivity index (χ1) is 9.76. The molecule has 1 aromatic carbocycles. The number of nitrogens with zero attached hydrogens (tertiary/aromatic N) is 2. The molecule has 0 aliphatic carbocycles. The summed E-state index contributed by atoms with van der Waals surface area (Å²) in [4.78, 5) is -0.0948. The van der Waals surface area contributed by atoms with Gasteiger partial charge in [0.25, 0.3) is 0 Å². The predicted molar refractivity (Wildman–Crippen MR) is 82.0 cm³/mol. The number of aryl methyl sites for hydroxylation is 2. The Bertz CT molecular complexity index is 787. The minimum absolute atomic E-state index is 0.0791. The summed E-state index contributed by atoms with van der Waals surface area (Å²) in [7, 11) is -3.68. The van der Waals surface area contributed by atoms with Crippen molar-refractivity contribution in [1.82, 2.24) is 9.78 Å². The zero-order valence-electron chi connectivity index (χ0n) is 11.6. The maximum Gasteiger partial charge on any atom is 0.184 e. The minimum Gasteiger partial charge on any atom is -0.396 e. The third-order valence-electron chi connectivity index (χ3n) is 3.11. The van der Waals surface area contributed by atoms with Crippen LogP contribution in [0, 0.1) is 12.7 Å². The zero-order valence-corrected chi connectivity index (χ0v) is 14.0. The highest BCUT2D eigenvalue weighted by molar-refractivity contribution is 9.10. The molecule has 8 heteroatoms. The molecule has 0 aliphatic rings. The number of nitrogens with two attached hydrogens (primary N) is 1. The van der Waals surface area contributed by atoms with Crippen LogP contribution in [0.4, 0.5) is 10.1 Å². The first-order valence-corrected chi connectivity index (χ1v) is 8.70. The Morgan fingerprint density at radius 3 is 2.67 bits per heavy atom. The van der Waals surface area contributed by atoms with Crippen LogP contribution < -0.4 is 5.73 Å². The SMILES string of the molecule is CCn1nc(C)c(Br)c1CS(=O)(=O)c1ccc(N)c(F)c1. The summed E-state index contributed by atoms with van der Waals surface area (Å²) in [5, 5.41) is 4.25. The number of aromatic nitrogens is 2. The van der Waals surface area contributed by atoms with E-state index >= 15 is 0 Å². The highest BCUT2D eigenvalue weighted by Crippen LogP contribution is 2.26. The quantitative estimate of drug-likeness (QED) is 0.833. The molecule has 0 spiro atoms.